The number of aryl methyl sites for hydroxylation is 2. The Morgan fingerprint density at radius 3 is 2.72 bits per heavy atom. The first-order valence-corrected chi connectivity index (χ1v) is 8.54. The molecule has 0 unspecified atom stereocenters. The number of benzene rings is 1. The molecule has 0 bridgehead atoms. The molecule has 2 amide bonds. The second-order valence-corrected chi connectivity index (χ2v) is 6.43. The van der Waals surface area contributed by atoms with Gasteiger partial charge in [-0.05, 0) is 18.9 Å². The Kier molecular flexibility index (Phi) is 5.11. The van der Waals surface area contributed by atoms with E-state index in [4.69, 9.17) is 0 Å². The Morgan fingerprint density at radius 1 is 1.24 bits per heavy atom. The Hall–Kier alpha value is -2.70. The van der Waals surface area contributed by atoms with Crippen LogP contribution in [0.5, 0.6) is 0 Å². The van der Waals surface area contributed by atoms with Gasteiger partial charge in [0.25, 0.3) is 0 Å². The first-order chi connectivity index (χ1) is 12.0. The number of aromatic nitrogens is 3. The lowest BCUT2D eigenvalue weighted by Gasteiger charge is -2.18. The number of rotatable bonds is 6. The second-order valence-electron chi connectivity index (χ2n) is 6.43. The van der Waals surface area contributed by atoms with Crippen LogP contribution in [0.25, 0.3) is 0 Å². The average molecular weight is 341 g/mol. The Balaban J connectivity index is 1.61. The molecule has 2 N–H and O–H groups in total. The van der Waals surface area contributed by atoms with Gasteiger partial charge in [-0.2, -0.15) is 0 Å². The summed E-state index contributed by atoms with van der Waals surface area (Å²) < 4.78 is 2.06. The zero-order valence-corrected chi connectivity index (χ0v) is 14.6. The van der Waals surface area contributed by atoms with E-state index in [1.54, 1.807) is 0 Å². The highest BCUT2D eigenvalue weighted by molar-refractivity contribution is 5.79. The highest BCUT2D eigenvalue weighted by Crippen LogP contribution is 2.18. The molecule has 2 aromatic rings. The van der Waals surface area contributed by atoms with Gasteiger partial charge in [0.05, 0.1) is 19.0 Å². The predicted molar refractivity (Wildman–Crippen MR) is 92.5 cm³/mol. The van der Waals surface area contributed by atoms with Gasteiger partial charge < -0.3 is 15.2 Å². The van der Waals surface area contributed by atoms with Crippen molar-refractivity contribution < 1.29 is 9.59 Å². The molecular weight excluding hydrogens is 318 g/mol. The summed E-state index contributed by atoms with van der Waals surface area (Å²) >= 11 is 0. The van der Waals surface area contributed by atoms with E-state index in [1.807, 2.05) is 31.2 Å². The van der Waals surface area contributed by atoms with Gasteiger partial charge in [-0.1, -0.05) is 29.8 Å². The predicted octanol–water partition coefficient (Wildman–Crippen LogP) is 1.42. The maximum absolute atomic E-state index is 12.4. The fourth-order valence-corrected chi connectivity index (χ4v) is 3.07. The summed E-state index contributed by atoms with van der Waals surface area (Å²) in [6, 6.07) is 7.48. The lowest BCUT2D eigenvalue weighted by atomic mass is 10.0. The highest BCUT2D eigenvalue weighted by Gasteiger charge is 2.20. The van der Waals surface area contributed by atoms with Crippen molar-refractivity contribution in [1.82, 2.24) is 25.4 Å². The summed E-state index contributed by atoms with van der Waals surface area (Å²) in [6.45, 7) is 4.72. The zero-order valence-electron chi connectivity index (χ0n) is 14.6. The smallest absolute Gasteiger partial charge is 0.222 e. The molecule has 1 aromatic heterocycles. The fraction of sp³-hybridized carbons (Fsp3) is 0.444. The molecule has 0 spiro atoms. The van der Waals surface area contributed by atoms with Gasteiger partial charge in [-0.25, -0.2) is 0 Å². The largest absolute Gasteiger partial charge is 0.349 e. The van der Waals surface area contributed by atoms with E-state index in [1.165, 1.54) is 6.92 Å². The van der Waals surface area contributed by atoms with E-state index in [0.29, 0.717) is 6.54 Å². The molecule has 1 aliphatic heterocycles. The van der Waals surface area contributed by atoms with Crippen LogP contribution in [0, 0.1) is 6.92 Å². The number of amides is 2. The van der Waals surface area contributed by atoms with Crippen molar-refractivity contribution in [2.24, 2.45) is 0 Å². The molecular formula is C18H23N5O2. The van der Waals surface area contributed by atoms with Crippen LogP contribution in [0.1, 0.15) is 48.6 Å². The van der Waals surface area contributed by atoms with Crippen LogP contribution in [0.2, 0.25) is 0 Å². The number of carbonyl (C=O) groups excluding carboxylic acids is 2. The van der Waals surface area contributed by atoms with Gasteiger partial charge >= 0.3 is 0 Å². The van der Waals surface area contributed by atoms with E-state index in [9.17, 15) is 9.59 Å². The normalized spacial score (nSPS) is 14.0. The van der Waals surface area contributed by atoms with E-state index >= 15 is 0 Å². The maximum Gasteiger partial charge on any atom is 0.222 e. The summed E-state index contributed by atoms with van der Waals surface area (Å²) in [4.78, 5) is 23.8. The quantitative estimate of drug-likeness (QED) is 0.831. The Labute approximate surface area is 146 Å². The van der Waals surface area contributed by atoms with Crippen LogP contribution in [0.4, 0.5) is 0 Å². The van der Waals surface area contributed by atoms with Crippen LogP contribution in [0.15, 0.2) is 24.3 Å². The molecule has 25 heavy (non-hydrogen) atoms. The number of carbonyl (C=O) groups is 2. The molecule has 7 nitrogen and oxygen atoms in total. The maximum atomic E-state index is 12.4. The SMILES string of the molecule is CC(=O)N[C@H](CC(=O)NCc1nnc2n1CCC2)c1ccc(C)cc1. The van der Waals surface area contributed by atoms with Gasteiger partial charge in [0.1, 0.15) is 5.82 Å². The number of nitrogens with zero attached hydrogens (tertiary/aromatic N) is 3. The minimum Gasteiger partial charge on any atom is -0.349 e. The average Bonchev–Trinajstić information content (AvgIpc) is 3.16. The summed E-state index contributed by atoms with van der Waals surface area (Å²) in [7, 11) is 0. The third-order valence-electron chi connectivity index (χ3n) is 4.38. The van der Waals surface area contributed by atoms with Crippen molar-refractivity contribution in [3.63, 3.8) is 0 Å². The van der Waals surface area contributed by atoms with Gasteiger partial charge in [0, 0.05) is 19.9 Å². The number of nitrogens with one attached hydrogen (secondary N) is 2. The van der Waals surface area contributed by atoms with Crippen LogP contribution in [0.3, 0.4) is 0 Å². The molecule has 2 heterocycles. The number of fused-ring (bicyclic) bond motifs is 1. The standard InChI is InChI=1S/C18H23N5O2/c1-12-5-7-14(8-6-12)15(20-13(2)24)10-18(25)19-11-17-22-21-16-4-3-9-23(16)17/h5-8,15H,3-4,9-11H2,1-2H3,(H,19,25)(H,20,24)/t15-/m1/s1. The molecule has 7 heteroatoms. The molecule has 0 radical (unpaired) electrons. The van der Waals surface area contributed by atoms with E-state index in [-0.39, 0.29) is 24.3 Å². The summed E-state index contributed by atoms with van der Waals surface area (Å²) in [5, 5.41) is 14.0. The van der Waals surface area contributed by atoms with Crippen molar-refractivity contribution >= 4 is 11.8 Å². The van der Waals surface area contributed by atoms with Crippen LogP contribution >= 0.6 is 0 Å². The minimum atomic E-state index is -0.345. The molecule has 132 valence electrons. The molecule has 0 saturated carbocycles. The molecule has 1 aromatic carbocycles. The highest BCUT2D eigenvalue weighted by atomic mass is 16.2. The van der Waals surface area contributed by atoms with Crippen molar-refractivity contribution in [1.29, 1.82) is 0 Å². The van der Waals surface area contributed by atoms with Gasteiger partial charge in [-0.15, -0.1) is 10.2 Å². The lowest BCUT2D eigenvalue weighted by Crippen LogP contribution is -2.32. The number of hydrogen-bond donors (Lipinski definition) is 2. The first kappa shape index (κ1) is 17.1. The van der Waals surface area contributed by atoms with Crippen molar-refractivity contribution in [2.45, 2.75) is 52.2 Å². The van der Waals surface area contributed by atoms with Crippen LogP contribution < -0.4 is 10.6 Å². The number of hydrogen-bond acceptors (Lipinski definition) is 4. The Morgan fingerprint density at radius 2 is 2.00 bits per heavy atom. The lowest BCUT2D eigenvalue weighted by molar-refractivity contribution is -0.123. The van der Waals surface area contributed by atoms with E-state index < -0.39 is 0 Å². The molecule has 0 saturated heterocycles. The van der Waals surface area contributed by atoms with Gasteiger partial charge in [-0.3, -0.25) is 9.59 Å². The monoisotopic (exact) mass is 341 g/mol. The third-order valence-corrected chi connectivity index (χ3v) is 4.38. The molecule has 0 fully saturated rings. The van der Waals surface area contributed by atoms with Crippen molar-refractivity contribution in [3.05, 3.63) is 47.0 Å². The van der Waals surface area contributed by atoms with Gasteiger partial charge in [0.15, 0.2) is 5.82 Å². The van der Waals surface area contributed by atoms with Gasteiger partial charge in [0.2, 0.25) is 11.8 Å². The molecule has 3 rings (SSSR count). The zero-order chi connectivity index (χ0) is 17.8. The van der Waals surface area contributed by atoms with E-state index in [2.05, 4.69) is 25.4 Å². The fourth-order valence-electron chi connectivity index (χ4n) is 3.07. The van der Waals surface area contributed by atoms with E-state index in [0.717, 1.165) is 42.2 Å². The second kappa shape index (κ2) is 7.46. The van der Waals surface area contributed by atoms with Crippen LogP contribution in [-0.4, -0.2) is 26.6 Å². The Bertz CT molecular complexity index is 766. The van der Waals surface area contributed by atoms with Crippen LogP contribution in [-0.2, 0) is 29.1 Å². The minimum absolute atomic E-state index is 0.130. The molecule has 1 atom stereocenters. The molecule has 0 aliphatic carbocycles. The summed E-state index contributed by atoms with van der Waals surface area (Å²) in [5.74, 6) is 1.48. The summed E-state index contributed by atoms with van der Waals surface area (Å²) in [5.41, 5.74) is 2.05. The summed E-state index contributed by atoms with van der Waals surface area (Å²) in [6.07, 6.45) is 2.20. The third kappa shape index (κ3) is 4.23. The van der Waals surface area contributed by atoms with Crippen molar-refractivity contribution in [3.8, 4) is 0 Å². The molecule has 1 aliphatic rings. The first-order valence-electron chi connectivity index (χ1n) is 8.54. The topological polar surface area (TPSA) is 88.9 Å². The van der Waals surface area contributed by atoms with Crippen molar-refractivity contribution in [2.75, 3.05) is 0 Å².